The third-order valence-corrected chi connectivity index (χ3v) is 4.88. The SMILES string of the molecule is N[C@@H]1CCC[C@H]1CC(=O)Nc1cccc(COCCOc2ccccc2)c1. The highest BCUT2D eigenvalue weighted by Crippen LogP contribution is 2.27. The quantitative estimate of drug-likeness (QED) is 0.661. The Morgan fingerprint density at radius 3 is 2.70 bits per heavy atom. The van der Waals surface area contributed by atoms with E-state index in [9.17, 15) is 4.79 Å². The van der Waals surface area contributed by atoms with Gasteiger partial charge < -0.3 is 20.5 Å². The van der Waals surface area contributed by atoms with Gasteiger partial charge in [-0.05, 0) is 48.6 Å². The highest BCUT2D eigenvalue weighted by atomic mass is 16.5. The summed E-state index contributed by atoms with van der Waals surface area (Å²) in [5.41, 5.74) is 7.87. The molecule has 1 fully saturated rings. The topological polar surface area (TPSA) is 73.6 Å². The van der Waals surface area contributed by atoms with Crippen LogP contribution in [0.3, 0.4) is 0 Å². The molecule has 144 valence electrons. The van der Waals surface area contributed by atoms with Crippen molar-refractivity contribution in [2.45, 2.75) is 38.3 Å². The number of amides is 1. The summed E-state index contributed by atoms with van der Waals surface area (Å²) < 4.78 is 11.3. The van der Waals surface area contributed by atoms with E-state index >= 15 is 0 Å². The standard InChI is InChI=1S/C22H28N2O3/c23-21-11-5-7-18(21)15-22(25)24-19-8-4-6-17(14-19)16-26-12-13-27-20-9-2-1-3-10-20/h1-4,6,8-10,14,18,21H,5,7,11-13,15-16,23H2,(H,24,25)/t18-,21+/m0/s1. The lowest BCUT2D eigenvalue weighted by molar-refractivity contribution is -0.117. The van der Waals surface area contributed by atoms with Crippen LogP contribution in [0.25, 0.3) is 0 Å². The molecule has 1 saturated carbocycles. The number of anilines is 1. The van der Waals surface area contributed by atoms with Gasteiger partial charge in [-0.3, -0.25) is 4.79 Å². The van der Waals surface area contributed by atoms with Crippen LogP contribution in [-0.2, 0) is 16.1 Å². The lowest BCUT2D eigenvalue weighted by Gasteiger charge is -2.15. The van der Waals surface area contributed by atoms with Gasteiger partial charge in [-0.2, -0.15) is 0 Å². The Kier molecular flexibility index (Phi) is 7.25. The maximum atomic E-state index is 12.2. The number of hydrogen-bond donors (Lipinski definition) is 2. The summed E-state index contributed by atoms with van der Waals surface area (Å²) in [7, 11) is 0. The summed E-state index contributed by atoms with van der Waals surface area (Å²) in [5.74, 6) is 1.18. The molecular weight excluding hydrogens is 340 g/mol. The van der Waals surface area contributed by atoms with Gasteiger partial charge in [0.15, 0.2) is 0 Å². The molecule has 1 amide bonds. The molecule has 1 aliphatic rings. The first kappa shape index (κ1) is 19.4. The zero-order chi connectivity index (χ0) is 18.9. The van der Waals surface area contributed by atoms with E-state index in [1.54, 1.807) is 0 Å². The third kappa shape index (κ3) is 6.38. The number of benzene rings is 2. The van der Waals surface area contributed by atoms with Gasteiger partial charge in [-0.1, -0.05) is 36.8 Å². The van der Waals surface area contributed by atoms with Gasteiger partial charge in [0.1, 0.15) is 12.4 Å². The average molecular weight is 368 g/mol. The Bertz CT molecular complexity index is 721. The minimum absolute atomic E-state index is 0.0340. The molecule has 0 aliphatic heterocycles. The average Bonchev–Trinajstić information content (AvgIpc) is 3.07. The highest BCUT2D eigenvalue weighted by Gasteiger charge is 2.25. The number of para-hydroxylation sites is 1. The Morgan fingerprint density at radius 1 is 1.07 bits per heavy atom. The first-order valence-electron chi connectivity index (χ1n) is 9.60. The number of nitrogens with one attached hydrogen (secondary N) is 1. The molecule has 2 atom stereocenters. The van der Waals surface area contributed by atoms with E-state index in [0.29, 0.717) is 32.2 Å². The minimum atomic E-state index is 0.0340. The molecule has 2 aromatic rings. The fraction of sp³-hybridized carbons (Fsp3) is 0.409. The lowest BCUT2D eigenvalue weighted by atomic mass is 10.00. The van der Waals surface area contributed by atoms with E-state index in [-0.39, 0.29) is 11.9 Å². The second-order valence-corrected chi connectivity index (χ2v) is 7.02. The highest BCUT2D eigenvalue weighted by molar-refractivity contribution is 5.91. The first-order valence-corrected chi connectivity index (χ1v) is 9.60. The van der Waals surface area contributed by atoms with Crippen LogP contribution in [0.5, 0.6) is 5.75 Å². The molecule has 0 bridgehead atoms. The first-order chi connectivity index (χ1) is 13.2. The molecule has 5 nitrogen and oxygen atoms in total. The fourth-order valence-electron chi connectivity index (χ4n) is 3.43. The number of nitrogens with two attached hydrogens (primary N) is 1. The zero-order valence-electron chi connectivity index (χ0n) is 15.6. The minimum Gasteiger partial charge on any atom is -0.491 e. The van der Waals surface area contributed by atoms with Crippen molar-refractivity contribution < 1.29 is 14.3 Å². The Hall–Kier alpha value is -2.37. The largest absolute Gasteiger partial charge is 0.491 e. The van der Waals surface area contributed by atoms with Crippen molar-refractivity contribution in [2.75, 3.05) is 18.5 Å². The van der Waals surface area contributed by atoms with Crippen molar-refractivity contribution in [1.82, 2.24) is 0 Å². The van der Waals surface area contributed by atoms with Crippen LogP contribution < -0.4 is 15.8 Å². The van der Waals surface area contributed by atoms with Crippen LogP contribution in [-0.4, -0.2) is 25.2 Å². The molecule has 0 spiro atoms. The van der Waals surface area contributed by atoms with E-state index in [4.69, 9.17) is 15.2 Å². The molecule has 1 aliphatic carbocycles. The number of rotatable bonds is 9. The van der Waals surface area contributed by atoms with Gasteiger partial charge >= 0.3 is 0 Å². The van der Waals surface area contributed by atoms with Gasteiger partial charge in [0, 0.05) is 18.2 Å². The van der Waals surface area contributed by atoms with Crippen LogP contribution in [0.15, 0.2) is 54.6 Å². The Labute approximate surface area is 160 Å². The van der Waals surface area contributed by atoms with Crippen LogP contribution in [0.1, 0.15) is 31.2 Å². The van der Waals surface area contributed by atoms with Gasteiger partial charge in [0.05, 0.1) is 13.2 Å². The molecule has 0 aromatic heterocycles. The third-order valence-electron chi connectivity index (χ3n) is 4.88. The predicted octanol–water partition coefficient (Wildman–Crippen LogP) is 3.74. The molecule has 2 aromatic carbocycles. The van der Waals surface area contributed by atoms with Crippen LogP contribution >= 0.6 is 0 Å². The summed E-state index contributed by atoms with van der Waals surface area (Å²) in [5, 5.41) is 2.98. The molecule has 0 unspecified atom stereocenters. The van der Waals surface area contributed by atoms with Gasteiger partial charge in [-0.25, -0.2) is 0 Å². The van der Waals surface area contributed by atoms with E-state index in [1.165, 1.54) is 0 Å². The summed E-state index contributed by atoms with van der Waals surface area (Å²) >= 11 is 0. The Morgan fingerprint density at radius 2 is 1.93 bits per heavy atom. The molecular formula is C22H28N2O3. The van der Waals surface area contributed by atoms with Crippen LogP contribution in [0.4, 0.5) is 5.69 Å². The number of carbonyl (C=O) groups is 1. The maximum absolute atomic E-state index is 12.2. The van der Waals surface area contributed by atoms with Crippen molar-refractivity contribution >= 4 is 11.6 Å². The summed E-state index contributed by atoms with van der Waals surface area (Å²) in [6, 6.07) is 17.6. The molecule has 3 rings (SSSR count). The number of hydrogen-bond acceptors (Lipinski definition) is 4. The molecule has 27 heavy (non-hydrogen) atoms. The lowest BCUT2D eigenvalue weighted by Crippen LogP contribution is -2.28. The molecule has 0 saturated heterocycles. The molecule has 5 heteroatoms. The monoisotopic (exact) mass is 368 g/mol. The van der Waals surface area contributed by atoms with Crippen molar-refractivity contribution in [1.29, 1.82) is 0 Å². The second-order valence-electron chi connectivity index (χ2n) is 7.02. The molecule has 0 radical (unpaired) electrons. The molecule has 3 N–H and O–H groups in total. The summed E-state index contributed by atoms with van der Waals surface area (Å²) in [6.07, 6.45) is 3.70. The zero-order valence-corrected chi connectivity index (χ0v) is 15.6. The second kappa shape index (κ2) is 10.1. The number of carbonyl (C=O) groups excluding carboxylic acids is 1. The van der Waals surface area contributed by atoms with Gasteiger partial charge in [0.25, 0.3) is 0 Å². The Balaban J connectivity index is 1.38. The normalized spacial score (nSPS) is 19.0. The van der Waals surface area contributed by atoms with Crippen molar-refractivity contribution in [3.05, 3.63) is 60.2 Å². The number of ether oxygens (including phenoxy) is 2. The smallest absolute Gasteiger partial charge is 0.224 e. The molecule has 0 heterocycles. The summed E-state index contributed by atoms with van der Waals surface area (Å²) in [4.78, 5) is 12.2. The fourth-order valence-corrected chi connectivity index (χ4v) is 3.43. The van der Waals surface area contributed by atoms with Crippen molar-refractivity contribution in [3.63, 3.8) is 0 Å². The van der Waals surface area contributed by atoms with E-state index in [2.05, 4.69) is 5.32 Å². The van der Waals surface area contributed by atoms with Gasteiger partial charge in [-0.15, -0.1) is 0 Å². The van der Waals surface area contributed by atoms with Gasteiger partial charge in [0.2, 0.25) is 5.91 Å². The van der Waals surface area contributed by atoms with Crippen LogP contribution in [0.2, 0.25) is 0 Å². The van der Waals surface area contributed by atoms with E-state index in [1.807, 2.05) is 54.6 Å². The van der Waals surface area contributed by atoms with Crippen LogP contribution in [0, 0.1) is 5.92 Å². The van der Waals surface area contributed by atoms with Crippen molar-refractivity contribution in [3.8, 4) is 5.75 Å². The van der Waals surface area contributed by atoms with Crippen molar-refractivity contribution in [2.24, 2.45) is 11.7 Å². The predicted molar refractivity (Wildman–Crippen MR) is 107 cm³/mol. The maximum Gasteiger partial charge on any atom is 0.224 e. The van der Waals surface area contributed by atoms with E-state index in [0.717, 1.165) is 36.3 Å². The van der Waals surface area contributed by atoms with E-state index < -0.39 is 0 Å². The summed E-state index contributed by atoms with van der Waals surface area (Å²) in [6.45, 7) is 1.49.